The summed E-state index contributed by atoms with van der Waals surface area (Å²) in [5.74, 6) is 0. The van der Waals surface area contributed by atoms with Crippen molar-refractivity contribution in [2.45, 2.75) is 161 Å². The van der Waals surface area contributed by atoms with E-state index in [2.05, 4.69) is 131 Å². The molecule has 0 unspecified atom stereocenters. The summed E-state index contributed by atoms with van der Waals surface area (Å²) >= 11 is 0. The van der Waals surface area contributed by atoms with Gasteiger partial charge in [0.2, 0.25) is 0 Å². The topological polar surface area (TPSA) is 0 Å². The van der Waals surface area contributed by atoms with E-state index in [1.807, 2.05) is 0 Å². The van der Waals surface area contributed by atoms with Gasteiger partial charge in [0.25, 0.3) is 0 Å². The van der Waals surface area contributed by atoms with Crippen molar-refractivity contribution >= 4 is 23.0 Å². The summed E-state index contributed by atoms with van der Waals surface area (Å²) < 4.78 is 0. The van der Waals surface area contributed by atoms with Crippen LogP contribution >= 0.6 is 0 Å². The zero-order valence-corrected chi connectivity index (χ0v) is 26.5. The molecule has 3 heteroatoms. The van der Waals surface area contributed by atoms with Gasteiger partial charge in [-0.3, -0.25) is 0 Å². The summed E-state index contributed by atoms with van der Waals surface area (Å²) in [6.07, 6.45) is 0. The van der Waals surface area contributed by atoms with Crippen LogP contribution in [0.5, 0.6) is 0 Å². The van der Waals surface area contributed by atoms with Gasteiger partial charge in [0, 0.05) is 7.83 Å². The average Bonchev–Trinajstić information content (AvgIpc) is 2.14. The van der Waals surface area contributed by atoms with Crippen LogP contribution in [0.4, 0.5) is 0 Å². The SMILES string of the molecule is C[Si]([Si](C(C)(C)C)(C(C)(C)C)C(C)(C)C)[Si](C(C)(C)C)(C(C)(C)C)C(C)(C)C. The molecule has 0 N–H and O–H groups in total. The van der Waals surface area contributed by atoms with Crippen LogP contribution in [0.3, 0.4) is 0 Å². The maximum Gasteiger partial charge on any atom is 0.0580 e. The molecule has 0 fully saturated rings. The number of hydrogen-bond acceptors (Lipinski definition) is 0. The maximum absolute atomic E-state index is 2.84. The molecule has 0 aliphatic rings. The van der Waals surface area contributed by atoms with Crippen molar-refractivity contribution in [2.75, 3.05) is 0 Å². The van der Waals surface area contributed by atoms with Crippen molar-refractivity contribution in [1.82, 2.24) is 0 Å². The Kier molecular flexibility index (Phi) is 7.53. The van der Waals surface area contributed by atoms with E-state index in [-0.39, 0.29) is 0 Å². The fourth-order valence-electron chi connectivity index (χ4n) is 10.4. The largest absolute Gasteiger partial charge is 0.0749 e. The van der Waals surface area contributed by atoms with E-state index in [4.69, 9.17) is 0 Å². The molecule has 0 amide bonds. The van der Waals surface area contributed by atoms with Crippen molar-refractivity contribution in [3.8, 4) is 0 Å². The van der Waals surface area contributed by atoms with E-state index < -0.39 is 23.0 Å². The van der Waals surface area contributed by atoms with Crippen molar-refractivity contribution in [1.29, 1.82) is 0 Å². The van der Waals surface area contributed by atoms with Gasteiger partial charge in [-0.25, -0.2) is 0 Å². The smallest absolute Gasteiger partial charge is 0.0580 e. The molecule has 28 heavy (non-hydrogen) atoms. The van der Waals surface area contributed by atoms with Crippen LogP contribution in [0.2, 0.25) is 36.8 Å². The van der Waals surface area contributed by atoms with E-state index in [9.17, 15) is 0 Å². The second kappa shape index (κ2) is 7.36. The lowest BCUT2D eigenvalue weighted by Crippen LogP contribution is -2.81. The Bertz CT molecular complexity index is 409. The molecule has 0 bridgehead atoms. The minimum atomic E-state index is -1.80. The Morgan fingerprint density at radius 3 is 0.500 bits per heavy atom. The predicted octanol–water partition coefficient (Wildman–Crippen LogP) is 9.97. The van der Waals surface area contributed by atoms with Gasteiger partial charge in [-0.1, -0.05) is 131 Å². The fourth-order valence-corrected chi connectivity index (χ4v) is 78.5. The second-order valence-corrected chi connectivity index (χ2v) is 39.4. The van der Waals surface area contributed by atoms with Gasteiger partial charge in [-0.05, 0) is 30.2 Å². The molecule has 0 aromatic carbocycles. The first-order chi connectivity index (χ1) is 11.7. The third kappa shape index (κ3) is 3.95. The lowest BCUT2D eigenvalue weighted by atomic mass is 10.2. The summed E-state index contributed by atoms with van der Waals surface area (Å²) in [5, 5.41) is 2.29. The summed E-state index contributed by atoms with van der Waals surface area (Å²) in [6, 6.07) is 0. The van der Waals surface area contributed by atoms with Crippen LogP contribution in [0.15, 0.2) is 0 Å². The van der Waals surface area contributed by atoms with Crippen LogP contribution in [0.1, 0.15) is 125 Å². The Balaban J connectivity index is 7.83. The molecule has 1 radical (unpaired) electrons. The normalized spacial score (nSPS) is 16.7. The van der Waals surface area contributed by atoms with E-state index in [1.54, 1.807) is 0 Å². The molecule has 0 atom stereocenters. The van der Waals surface area contributed by atoms with Crippen LogP contribution in [0, 0.1) is 0 Å². The summed E-state index contributed by atoms with van der Waals surface area (Å²) in [5.41, 5.74) is 0. The molecular weight excluding hydrogens is 385 g/mol. The standard InChI is InChI=1S/C25H57Si3/c1-20(2,3)27(21(4,5)6,22(7,8)9)26(19)28(23(10,11)12,24(13,14)15)25(16,17)18/h1-19H3. The number of rotatable bonds is 2. The quantitative estimate of drug-likeness (QED) is 0.374. The molecule has 0 saturated carbocycles. The minimum absolute atomic E-state index is 0.381. The van der Waals surface area contributed by atoms with Crippen LogP contribution < -0.4 is 0 Å². The molecule has 0 spiro atoms. The third-order valence-corrected chi connectivity index (χ3v) is 50.6. The first-order valence-electron chi connectivity index (χ1n) is 11.5. The highest BCUT2D eigenvalue weighted by molar-refractivity contribution is 7.64. The zero-order chi connectivity index (χ0) is 23.6. The molecular formula is C25H57Si3. The molecule has 0 heterocycles. The molecule has 0 aliphatic carbocycles. The van der Waals surface area contributed by atoms with Crippen molar-refractivity contribution < 1.29 is 0 Å². The zero-order valence-electron chi connectivity index (χ0n) is 23.5. The molecule has 0 nitrogen and oxygen atoms in total. The highest BCUT2D eigenvalue weighted by atomic mass is 29.6. The van der Waals surface area contributed by atoms with Crippen molar-refractivity contribution in [3.05, 3.63) is 0 Å². The monoisotopic (exact) mass is 441 g/mol. The lowest BCUT2D eigenvalue weighted by molar-refractivity contribution is 0.542. The van der Waals surface area contributed by atoms with E-state index in [1.165, 1.54) is 0 Å². The van der Waals surface area contributed by atoms with Gasteiger partial charge >= 0.3 is 0 Å². The summed E-state index contributed by atoms with van der Waals surface area (Å²) in [4.78, 5) is 0. The van der Waals surface area contributed by atoms with Crippen molar-refractivity contribution in [3.63, 3.8) is 0 Å². The van der Waals surface area contributed by atoms with Gasteiger partial charge in [0.1, 0.15) is 0 Å². The summed E-state index contributed by atoms with van der Waals surface area (Å²) in [7, 11) is -4.26. The van der Waals surface area contributed by atoms with Crippen molar-refractivity contribution in [2.24, 2.45) is 0 Å². The Morgan fingerprint density at radius 2 is 0.429 bits per heavy atom. The highest BCUT2D eigenvalue weighted by Gasteiger charge is 2.73. The molecule has 0 rings (SSSR count). The average molecular weight is 442 g/mol. The molecule has 0 aromatic rings. The van der Waals surface area contributed by atoms with E-state index in [0.717, 1.165) is 0 Å². The fraction of sp³-hybridized carbons (Fsp3) is 1.00. The molecule has 0 aliphatic heterocycles. The first-order valence-corrected chi connectivity index (χ1v) is 19.5. The highest BCUT2D eigenvalue weighted by Crippen LogP contribution is 2.71. The van der Waals surface area contributed by atoms with Gasteiger partial charge in [0.05, 0.1) is 15.2 Å². The van der Waals surface area contributed by atoms with Gasteiger partial charge < -0.3 is 0 Å². The van der Waals surface area contributed by atoms with Gasteiger partial charge in [-0.2, -0.15) is 0 Å². The number of hydrogen-bond donors (Lipinski definition) is 0. The second-order valence-electron chi connectivity index (χ2n) is 15.6. The predicted molar refractivity (Wildman–Crippen MR) is 141 cm³/mol. The third-order valence-electron chi connectivity index (χ3n) is 7.88. The van der Waals surface area contributed by atoms with Gasteiger partial charge in [0.15, 0.2) is 0 Å². The van der Waals surface area contributed by atoms with Crippen LogP contribution in [-0.4, -0.2) is 23.0 Å². The molecule has 169 valence electrons. The Labute approximate surface area is 184 Å². The van der Waals surface area contributed by atoms with Crippen LogP contribution in [0.25, 0.3) is 0 Å². The molecule has 0 aromatic heterocycles. The lowest BCUT2D eigenvalue weighted by Gasteiger charge is -2.72. The maximum atomic E-state index is 2.84. The van der Waals surface area contributed by atoms with E-state index >= 15 is 0 Å². The minimum Gasteiger partial charge on any atom is -0.0749 e. The van der Waals surface area contributed by atoms with E-state index in [0.29, 0.717) is 30.2 Å². The van der Waals surface area contributed by atoms with Crippen LogP contribution in [-0.2, 0) is 0 Å². The Hall–Kier alpha value is 0.651. The van der Waals surface area contributed by atoms with Gasteiger partial charge in [-0.15, -0.1) is 0 Å². The molecule has 0 saturated heterocycles. The summed E-state index contributed by atoms with van der Waals surface area (Å²) in [6.45, 7) is 49.8. The Morgan fingerprint density at radius 1 is 0.321 bits per heavy atom. The first kappa shape index (κ1) is 28.7.